The maximum atomic E-state index is 12.1. The van der Waals surface area contributed by atoms with Gasteiger partial charge in [0.15, 0.2) is 0 Å². The summed E-state index contributed by atoms with van der Waals surface area (Å²) in [7, 11) is -3.68. The van der Waals surface area contributed by atoms with Crippen LogP contribution in [-0.4, -0.2) is 31.0 Å². The number of esters is 1. The van der Waals surface area contributed by atoms with Crippen LogP contribution in [0.1, 0.15) is 12.7 Å². The third kappa shape index (κ3) is 4.26. The molecule has 0 aliphatic carbocycles. The Kier molecular flexibility index (Phi) is 5.05. The minimum Gasteiger partial charge on any atom is -0.466 e. The molecule has 0 radical (unpaired) electrons. The van der Waals surface area contributed by atoms with Crippen molar-refractivity contribution in [1.82, 2.24) is 9.97 Å². The van der Waals surface area contributed by atoms with Gasteiger partial charge >= 0.3 is 5.97 Å². The van der Waals surface area contributed by atoms with E-state index in [4.69, 9.17) is 4.74 Å². The van der Waals surface area contributed by atoms with Gasteiger partial charge in [-0.15, -0.1) is 0 Å². The molecule has 2 rings (SSSR count). The van der Waals surface area contributed by atoms with E-state index in [0.29, 0.717) is 0 Å². The fourth-order valence-corrected chi connectivity index (χ4v) is 2.70. The molecule has 1 aromatic heterocycles. The fourth-order valence-electron chi connectivity index (χ4n) is 1.65. The number of nitrogens with one attached hydrogen (secondary N) is 1. The minimum atomic E-state index is -3.68. The number of carbonyl (C=O) groups is 1. The lowest BCUT2D eigenvalue weighted by Gasteiger charge is -2.07. The molecule has 7 nitrogen and oxygen atoms in total. The van der Waals surface area contributed by atoms with Gasteiger partial charge in [-0.3, -0.25) is 9.52 Å². The lowest BCUT2D eigenvalue weighted by Crippen LogP contribution is -2.14. The summed E-state index contributed by atoms with van der Waals surface area (Å²) in [4.78, 5) is 19.3. The Balaban J connectivity index is 2.07. The summed E-state index contributed by atoms with van der Waals surface area (Å²) in [6.45, 7) is 1.99. The lowest BCUT2D eigenvalue weighted by molar-refractivity contribution is -0.142. The van der Waals surface area contributed by atoms with Crippen LogP contribution in [0.4, 0.5) is 5.69 Å². The Bertz CT molecular complexity index is 730. The standard InChI is InChI=1S/C14H15N3O4S/c1-2-21-14(18)8-13-15-9-11(10-16-13)17-22(19,20)12-6-4-3-5-7-12/h3-7,9-10,17H,2,8H2,1H3. The van der Waals surface area contributed by atoms with Crippen LogP contribution in [0.25, 0.3) is 0 Å². The second kappa shape index (κ2) is 6.99. The van der Waals surface area contributed by atoms with Crippen molar-refractivity contribution in [2.75, 3.05) is 11.3 Å². The SMILES string of the molecule is CCOC(=O)Cc1ncc(NS(=O)(=O)c2ccccc2)cn1. The van der Waals surface area contributed by atoms with Gasteiger partial charge in [0.05, 0.1) is 29.6 Å². The highest BCUT2D eigenvalue weighted by Crippen LogP contribution is 2.14. The van der Waals surface area contributed by atoms with E-state index in [9.17, 15) is 13.2 Å². The normalized spacial score (nSPS) is 11.0. The molecule has 0 fully saturated rings. The number of rotatable bonds is 6. The molecule has 0 atom stereocenters. The Morgan fingerprint density at radius 1 is 1.18 bits per heavy atom. The molecule has 1 heterocycles. The summed E-state index contributed by atoms with van der Waals surface area (Å²) in [5.41, 5.74) is 0.219. The van der Waals surface area contributed by atoms with E-state index >= 15 is 0 Å². The molecular weight excluding hydrogens is 306 g/mol. The van der Waals surface area contributed by atoms with Crippen LogP contribution in [0.5, 0.6) is 0 Å². The zero-order valence-electron chi connectivity index (χ0n) is 11.9. The predicted octanol–water partition coefficient (Wildman–Crippen LogP) is 1.38. The van der Waals surface area contributed by atoms with Gasteiger partial charge in [-0.25, -0.2) is 18.4 Å². The van der Waals surface area contributed by atoms with E-state index in [1.165, 1.54) is 24.5 Å². The van der Waals surface area contributed by atoms with Crippen molar-refractivity contribution in [1.29, 1.82) is 0 Å². The number of carbonyl (C=O) groups excluding carboxylic acids is 1. The molecule has 0 unspecified atom stereocenters. The van der Waals surface area contributed by atoms with Crippen LogP contribution in [0.2, 0.25) is 0 Å². The van der Waals surface area contributed by atoms with Crippen molar-refractivity contribution in [3.63, 3.8) is 0 Å². The van der Waals surface area contributed by atoms with Gasteiger partial charge in [0.1, 0.15) is 12.2 Å². The minimum absolute atomic E-state index is 0.0560. The van der Waals surface area contributed by atoms with Gasteiger partial charge in [-0.1, -0.05) is 18.2 Å². The molecule has 0 amide bonds. The van der Waals surface area contributed by atoms with Gasteiger partial charge in [0.2, 0.25) is 0 Å². The molecular formula is C14H15N3O4S. The van der Waals surface area contributed by atoms with Crippen molar-refractivity contribution in [3.05, 3.63) is 48.5 Å². The van der Waals surface area contributed by atoms with Crippen LogP contribution >= 0.6 is 0 Å². The van der Waals surface area contributed by atoms with Crippen molar-refractivity contribution < 1.29 is 17.9 Å². The maximum Gasteiger partial charge on any atom is 0.313 e. The number of aromatic nitrogens is 2. The van der Waals surface area contributed by atoms with E-state index in [-0.39, 0.29) is 29.4 Å². The first-order valence-corrected chi connectivity index (χ1v) is 8.04. The predicted molar refractivity (Wildman–Crippen MR) is 79.6 cm³/mol. The van der Waals surface area contributed by atoms with E-state index in [0.717, 1.165) is 0 Å². The third-order valence-corrected chi connectivity index (χ3v) is 4.02. The van der Waals surface area contributed by atoms with E-state index < -0.39 is 16.0 Å². The Morgan fingerprint density at radius 2 is 1.82 bits per heavy atom. The molecule has 8 heteroatoms. The highest BCUT2D eigenvalue weighted by atomic mass is 32.2. The first-order chi connectivity index (χ1) is 10.5. The first-order valence-electron chi connectivity index (χ1n) is 6.55. The zero-order chi connectivity index (χ0) is 16.0. The number of nitrogens with zero attached hydrogens (tertiary/aromatic N) is 2. The van der Waals surface area contributed by atoms with Crippen LogP contribution < -0.4 is 4.72 Å². The number of sulfonamides is 1. The highest BCUT2D eigenvalue weighted by molar-refractivity contribution is 7.92. The molecule has 22 heavy (non-hydrogen) atoms. The number of ether oxygens (including phenoxy) is 1. The van der Waals surface area contributed by atoms with Crippen molar-refractivity contribution >= 4 is 21.7 Å². The summed E-state index contributed by atoms with van der Waals surface area (Å²) >= 11 is 0. The average molecular weight is 321 g/mol. The number of hydrogen-bond acceptors (Lipinski definition) is 6. The monoisotopic (exact) mass is 321 g/mol. The third-order valence-electron chi connectivity index (χ3n) is 2.62. The Morgan fingerprint density at radius 3 is 2.41 bits per heavy atom. The summed E-state index contributed by atoms with van der Waals surface area (Å²) in [6.07, 6.45) is 2.56. The largest absolute Gasteiger partial charge is 0.466 e. The molecule has 1 N–H and O–H groups in total. The average Bonchev–Trinajstić information content (AvgIpc) is 2.50. The van der Waals surface area contributed by atoms with Crippen LogP contribution in [0.3, 0.4) is 0 Å². The van der Waals surface area contributed by atoms with Crippen molar-refractivity contribution in [2.45, 2.75) is 18.2 Å². The quantitative estimate of drug-likeness (QED) is 0.807. The molecule has 0 saturated carbocycles. The van der Waals surface area contributed by atoms with Gasteiger partial charge < -0.3 is 4.74 Å². The number of benzene rings is 1. The molecule has 0 aliphatic heterocycles. The highest BCUT2D eigenvalue weighted by Gasteiger charge is 2.14. The van der Waals surface area contributed by atoms with Gasteiger partial charge in [-0.2, -0.15) is 0 Å². The van der Waals surface area contributed by atoms with Gasteiger partial charge in [0, 0.05) is 0 Å². The zero-order valence-corrected chi connectivity index (χ0v) is 12.7. The Hall–Kier alpha value is -2.48. The first kappa shape index (κ1) is 15.9. The molecule has 0 spiro atoms. The van der Waals surface area contributed by atoms with Gasteiger partial charge in [0.25, 0.3) is 10.0 Å². The molecule has 0 bridgehead atoms. The summed E-state index contributed by atoms with van der Waals surface area (Å²) in [6, 6.07) is 7.96. The molecule has 0 saturated heterocycles. The van der Waals surface area contributed by atoms with Crippen LogP contribution in [0, 0.1) is 0 Å². The Labute approximate surface area is 128 Å². The van der Waals surface area contributed by atoms with Crippen molar-refractivity contribution in [3.8, 4) is 0 Å². The smallest absolute Gasteiger partial charge is 0.313 e. The van der Waals surface area contributed by atoms with Gasteiger partial charge in [-0.05, 0) is 19.1 Å². The number of hydrogen-bond donors (Lipinski definition) is 1. The lowest BCUT2D eigenvalue weighted by atomic mass is 10.4. The molecule has 116 valence electrons. The second-order valence-corrected chi connectivity index (χ2v) is 5.97. The topological polar surface area (TPSA) is 98.2 Å². The number of anilines is 1. The molecule has 1 aromatic carbocycles. The van der Waals surface area contributed by atoms with Crippen molar-refractivity contribution in [2.24, 2.45) is 0 Å². The van der Waals surface area contributed by atoms with Crippen LogP contribution in [0.15, 0.2) is 47.6 Å². The molecule has 2 aromatic rings. The fraction of sp³-hybridized carbons (Fsp3) is 0.214. The maximum absolute atomic E-state index is 12.1. The second-order valence-electron chi connectivity index (χ2n) is 4.29. The van der Waals surface area contributed by atoms with E-state index in [1.807, 2.05) is 0 Å². The van der Waals surface area contributed by atoms with E-state index in [2.05, 4.69) is 14.7 Å². The summed E-state index contributed by atoms with van der Waals surface area (Å²) < 4.78 is 31.4. The molecule has 0 aliphatic rings. The van der Waals surface area contributed by atoms with Crippen LogP contribution in [-0.2, 0) is 26.0 Å². The van der Waals surface area contributed by atoms with E-state index in [1.54, 1.807) is 25.1 Å². The summed E-state index contributed by atoms with van der Waals surface area (Å²) in [5.74, 6) is -0.166. The summed E-state index contributed by atoms with van der Waals surface area (Å²) in [5, 5.41) is 0.